The van der Waals surface area contributed by atoms with Crippen LogP contribution in [0.3, 0.4) is 0 Å². The topological polar surface area (TPSA) is 15.3 Å². The van der Waals surface area contributed by atoms with E-state index in [1.165, 1.54) is 6.07 Å². The van der Waals surface area contributed by atoms with Gasteiger partial charge in [0.2, 0.25) is 0 Å². The summed E-state index contributed by atoms with van der Waals surface area (Å²) in [6.45, 7) is 6.04. The van der Waals surface area contributed by atoms with Gasteiger partial charge >= 0.3 is 0 Å². The highest BCUT2D eigenvalue weighted by atomic mass is 79.9. The van der Waals surface area contributed by atoms with Gasteiger partial charge in [-0.1, -0.05) is 29.8 Å². The molecule has 102 valence electrons. The second kappa shape index (κ2) is 7.22. The fraction of sp³-hybridized carbons (Fsp3) is 0.571. The van der Waals surface area contributed by atoms with E-state index in [-0.39, 0.29) is 5.82 Å². The fourth-order valence-corrected chi connectivity index (χ4v) is 2.21. The zero-order chi connectivity index (χ0) is 13.7. The summed E-state index contributed by atoms with van der Waals surface area (Å²) in [5.41, 5.74) is 0.958. The van der Waals surface area contributed by atoms with Gasteiger partial charge in [0.1, 0.15) is 5.82 Å². The number of halogens is 2. The first-order chi connectivity index (χ1) is 8.40. The number of nitrogens with one attached hydrogen (secondary N) is 1. The van der Waals surface area contributed by atoms with E-state index in [2.05, 4.69) is 54.1 Å². The molecule has 0 radical (unpaired) electrons. The Labute approximate surface area is 118 Å². The minimum Gasteiger partial charge on any atom is -0.308 e. The second-order valence-corrected chi connectivity index (χ2v) is 6.08. The predicted molar refractivity (Wildman–Crippen MR) is 78.1 cm³/mol. The standard InChI is InChI=1S/C14H22BrFN2/c1-10(2)14(9-18(3)4)17-8-11-7-12(16)5-6-13(11)15/h5-7,10,14,17H,8-9H2,1-4H3. The molecule has 0 aromatic heterocycles. The average molecular weight is 317 g/mol. The molecule has 0 fully saturated rings. The van der Waals surface area contributed by atoms with E-state index < -0.39 is 0 Å². The summed E-state index contributed by atoms with van der Waals surface area (Å²) in [6, 6.07) is 5.19. The van der Waals surface area contributed by atoms with Gasteiger partial charge in [0.05, 0.1) is 0 Å². The molecule has 1 atom stereocenters. The van der Waals surface area contributed by atoms with Gasteiger partial charge in [-0.05, 0) is 43.8 Å². The molecule has 0 amide bonds. The van der Waals surface area contributed by atoms with E-state index in [4.69, 9.17) is 0 Å². The number of likely N-dealkylation sites (N-methyl/N-ethyl adjacent to an activating group) is 1. The Hall–Kier alpha value is -0.450. The van der Waals surface area contributed by atoms with E-state index in [9.17, 15) is 4.39 Å². The van der Waals surface area contributed by atoms with Gasteiger partial charge < -0.3 is 10.2 Å². The molecule has 0 aliphatic carbocycles. The normalized spacial score (nSPS) is 13.3. The number of hydrogen-bond donors (Lipinski definition) is 1. The molecule has 0 spiro atoms. The monoisotopic (exact) mass is 316 g/mol. The third-order valence-electron chi connectivity index (χ3n) is 2.93. The van der Waals surface area contributed by atoms with Crippen LogP contribution in [0, 0.1) is 11.7 Å². The van der Waals surface area contributed by atoms with Crippen molar-refractivity contribution in [2.45, 2.75) is 26.4 Å². The van der Waals surface area contributed by atoms with E-state index in [0.717, 1.165) is 16.6 Å². The lowest BCUT2D eigenvalue weighted by atomic mass is 10.0. The van der Waals surface area contributed by atoms with Crippen molar-refractivity contribution in [1.82, 2.24) is 10.2 Å². The van der Waals surface area contributed by atoms with Crippen LogP contribution in [0.4, 0.5) is 4.39 Å². The molecule has 0 bridgehead atoms. The van der Waals surface area contributed by atoms with Crippen LogP contribution in [0.25, 0.3) is 0 Å². The smallest absolute Gasteiger partial charge is 0.123 e. The molecule has 1 N–H and O–H groups in total. The summed E-state index contributed by atoms with van der Waals surface area (Å²) in [4.78, 5) is 2.16. The zero-order valence-corrected chi connectivity index (χ0v) is 13.1. The van der Waals surface area contributed by atoms with Crippen LogP contribution in [0.1, 0.15) is 19.4 Å². The minimum absolute atomic E-state index is 0.191. The maximum absolute atomic E-state index is 13.2. The molecular formula is C14H22BrFN2. The maximum atomic E-state index is 13.2. The Morgan fingerprint density at radius 1 is 1.33 bits per heavy atom. The van der Waals surface area contributed by atoms with Gasteiger partial charge in [0.15, 0.2) is 0 Å². The zero-order valence-electron chi connectivity index (χ0n) is 11.5. The number of benzene rings is 1. The number of hydrogen-bond acceptors (Lipinski definition) is 2. The third-order valence-corrected chi connectivity index (χ3v) is 3.70. The lowest BCUT2D eigenvalue weighted by Crippen LogP contribution is -2.41. The van der Waals surface area contributed by atoms with E-state index in [1.54, 1.807) is 12.1 Å². The lowest BCUT2D eigenvalue weighted by molar-refractivity contribution is 0.288. The Balaban J connectivity index is 2.63. The molecule has 2 nitrogen and oxygen atoms in total. The van der Waals surface area contributed by atoms with Gasteiger partial charge in [-0.25, -0.2) is 4.39 Å². The van der Waals surface area contributed by atoms with Gasteiger partial charge in [0.25, 0.3) is 0 Å². The van der Waals surface area contributed by atoms with Crippen molar-refractivity contribution in [2.75, 3.05) is 20.6 Å². The molecule has 0 heterocycles. The Morgan fingerprint density at radius 2 is 2.00 bits per heavy atom. The summed E-state index contributed by atoms with van der Waals surface area (Å²) >= 11 is 3.45. The van der Waals surface area contributed by atoms with Gasteiger partial charge in [-0.2, -0.15) is 0 Å². The molecule has 4 heteroatoms. The van der Waals surface area contributed by atoms with E-state index >= 15 is 0 Å². The largest absolute Gasteiger partial charge is 0.308 e. The van der Waals surface area contributed by atoms with Gasteiger partial charge in [-0.3, -0.25) is 0 Å². The average Bonchev–Trinajstić information content (AvgIpc) is 2.27. The van der Waals surface area contributed by atoms with Gasteiger partial charge in [-0.15, -0.1) is 0 Å². The fourth-order valence-electron chi connectivity index (χ4n) is 1.82. The maximum Gasteiger partial charge on any atom is 0.123 e. The summed E-state index contributed by atoms with van der Waals surface area (Å²) < 4.78 is 14.1. The quantitative estimate of drug-likeness (QED) is 0.866. The Morgan fingerprint density at radius 3 is 2.56 bits per heavy atom. The first-order valence-electron chi connectivity index (χ1n) is 6.22. The summed E-state index contributed by atoms with van der Waals surface area (Å²) in [6.07, 6.45) is 0. The van der Waals surface area contributed by atoms with Crippen LogP contribution in [0.5, 0.6) is 0 Å². The molecule has 18 heavy (non-hydrogen) atoms. The van der Waals surface area contributed by atoms with Crippen molar-refractivity contribution in [2.24, 2.45) is 5.92 Å². The number of rotatable bonds is 6. The van der Waals surface area contributed by atoms with Crippen LogP contribution < -0.4 is 5.32 Å². The molecule has 1 aromatic rings. The molecule has 1 aromatic carbocycles. The van der Waals surface area contributed by atoms with E-state index in [0.29, 0.717) is 18.5 Å². The van der Waals surface area contributed by atoms with Crippen LogP contribution in [-0.2, 0) is 6.54 Å². The first-order valence-corrected chi connectivity index (χ1v) is 7.01. The molecule has 0 aliphatic rings. The lowest BCUT2D eigenvalue weighted by Gasteiger charge is -2.26. The van der Waals surface area contributed by atoms with Crippen molar-refractivity contribution >= 4 is 15.9 Å². The van der Waals surface area contributed by atoms with Crippen LogP contribution in [0.15, 0.2) is 22.7 Å². The predicted octanol–water partition coefficient (Wildman–Crippen LogP) is 3.26. The van der Waals surface area contributed by atoms with Crippen LogP contribution in [0.2, 0.25) is 0 Å². The molecule has 0 saturated carbocycles. The Kier molecular flexibility index (Phi) is 6.26. The molecule has 0 aliphatic heterocycles. The van der Waals surface area contributed by atoms with Crippen molar-refractivity contribution in [3.63, 3.8) is 0 Å². The second-order valence-electron chi connectivity index (χ2n) is 5.23. The van der Waals surface area contributed by atoms with Gasteiger partial charge in [0, 0.05) is 23.6 Å². The summed E-state index contributed by atoms with van der Waals surface area (Å²) in [5, 5.41) is 3.50. The third kappa shape index (κ3) is 5.04. The van der Waals surface area contributed by atoms with E-state index in [1.807, 2.05) is 0 Å². The minimum atomic E-state index is -0.191. The van der Waals surface area contributed by atoms with Crippen molar-refractivity contribution in [3.8, 4) is 0 Å². The number of nitrogens with zero attached hydrogens (tertiary/aromatic N) is 1. The summed E-state index contributed by atoms with van der Waals surface area (Å²) in [5.74, 6) is 0.350. The Bertz CT molecular complexity index is 380. The van der Waals surface area contributed by atoms with Crippen molar-refractivity contribution < 1.29 is 4.39 Å². The van der Waals surface area contributed by atoms with Crippen LogP contribution >= 0.6 is 15.9 Å². The first kappa shape index (κ1) is 15.6. The van der Waals surface area contributed by atoms with Crippen molar-refractivity contribution in [3.05, 3.63) is 34.1 Å². The molecular weight excluding hydrogens is 295 g/mol. The molecule has 1 unspecified atom stereocenters. The van der Waals surface area contributed by atoms with Crippen molar-refractivity contribution in [1.29, 1.82) is 0 Å². The highest BCUT2D eigenvalue weighted by Crippen LogP contribution is 2.18. The summed E-state index contributed by atoms with van der Waals surface area (Å²) in [7, 11) is 4.13. The van der Waals surface area contributed by atoms with Crippen LogP contribution in [-0.4, -0.2) is 31.6 Å². The molecule has 0 saturated heterocycles. The molecule has 1 rings (SSSR count). The SMILES string of the molecule is CC(C)C(CN(C)C)NCc1cc(F)ccc1Br. The highest BCUT2D eigenvalue weighted by molar-refractivity contribution is 9.10. The highest BCUT2D eigenvalue weighted by Gasteiger charge is 2.14.